The second-order valence-electron chi connectivity index (χ2n) is 4.33. The molecule has 1 fully saturated rings. The molecule has 0 bridgehead atoms. The summed E-state index contributed by atoms with van der Waals surface area (Å²) in [6.07, 6.45) is 1.13. The lowest BCUT2D eigenvalue weighted by atomic mass is 10.1. The van der Waals surface area contributed by atoms with E-state index < -0.39 is 0 Å². The lowest BCUT2D eigenvalue weighted by Gasteiger charge is -2.24. The Morgan fingerprint density at radius 1 is 1.39 bits per heavy atom. The molecule has 1 amide bonds. The molecule has 0 spiro atoms. The van der Waals surface area contributed by atoms with E-state index in [1.165, 1.54) is 5.56 Å². The third-order valence-electron chi connectivity index (χ3n) is 3.09. The first-order chi connectivity index (χ1) is 8.83. The van der Waals surface area contributed by atoms with Crippen molar-refractivity contribution in [2.75, 3.05) is 24.6 Å². The van der Waals surface area contributed by atoms with Crippen molar-refractivity contribution in [3.8, 4) is 0 Å². The Morgan fingerprint density at radius 3 is 2.89 bits per heavy atom. The van der Waals surface area contributed by atoms with Crippen molar-refractivity contribution in [3.63, 3.8) is 0 Å². The summed E-state index contributed by atoms with van der Waals surface area (Å²) in [5, 5.41) is 3.28. The first-order valence-electron chi connectivity index (χ1n) is 6.48. The minimum Gasteiger partial charge on any atom is -0.322 e. The molecule has 1 aromatic carbocycles. The normalized spacial score (nSPS) is 19.5. The van der Waals surface area contributed by atoms with Crippen LogP contribution in [-0.4, -0.2) is 35.4 Å². The van der Waals surface area contributed by atoms with Gasteiger partial charge in [0.05, 0.1) is 6.54 Å². The van der Waals surface area contributed by atoms with Crippen LogP contribution in [0.5, 0.6) is 0 Å². The van der Waals surface area contributed by atoms with Crippen molar-refractivity contribution < 1.29 is 4.79 Å². The predicted molar refractivity (Wildman–Crippen MR) is 76.5 cm³/mol. The summed E-state index contributed by atoms with van der Waals surface area (Å²) in [5.74, 6) is 2.49. The van der Waals surface area contributed by atoms with E-state index in [0.29, 0.717) is 6.54 Å². The Hall–Kier alpha value is -1.00. The van der Waals surface area contributed by atoms with Gasteiger partial charge < -0.3 is 4.90 Å². The van der Waals surface area contributed by atoms with E-state index in [1.807, 2.05) is 34.9 Å². The molecule has 1 saturated heterocycles. The van der Waals surface area contributed by atoms with Crippen LogP contribution in [0.2, 0.25) is 0 Å². The van der Waals surface area contributed by atoms with Crippen LogP contribution < -0.4 is 5.32 Å². The van der Waals surface area contributed by atoms with Crippen LogP contribution in [0.25, 0.3) is 0 Å². The smallest absolute Gasteiger partial charge is 0.238 e. The second-order valence-corrected chi connectivity index (χ2v) is 5.73. The Morgan fingerprint density at radius 2 is 2.17 bits per heavy atom. The summed E-state index contributed by atoms with van der Waals surface area (Å²) >= 11 is 1.93. The minimum absolute atomic E-state index is 0.0605. The fraction of sp³-hybridized carbons (Fsp3) is 0.500. The zero-order chi connectivity index (χ0) is 12.8. The van der Waals surface area contributed by atoms with E-state index in [0.717, 1.165) is 24.5 Å². The van der Waals surface area contributed by atoms with Crippen molar-refractivity contribution in [3.05, 3.63) is 35.9 Å². The molecule has 1 aromatic rings. The maximum absolute atomic E-state index is 11.9. The molecule has 1 aliphatic heterocycles. The van der Waals surface area contributed by atoms with Gasteiger partial charge in [-0.25, -0.2) is 0 Å². The van der Waals surface area contributed by atoms with Crippen LogP contribution in [-0.2, 0) is 4.79 Å². The molecular weight excluding hydrogens is 244 g/mol. The zero-order valence-corrected chi connectivity index (χ0v) is 11.6. The van der Waals surface area contributed by atoms with Gasteiger partial charge in [-0.2, -0.15) is 11.8 Å². The Labute approximate surface area is 113 Å². The highest BCUT2D eigenvalue weighted by atomic mass is 32.2. The SMILES string of the molecule is CCSCCCN1C(=O)CNC1c1ccccc1. The van der Waals surface area contributed by atoms with Crippen LogP contribution in [0, 0.1) is 0 Å². The number of nitrogens with one attached hydrogen (secondary N) is 1. The molecule has 1 atom stereocenters. The molecule has 0 radical (unpaired) electrons. The highest BCUT2D eigenvalue weighted by molar-refractivity contribution is 7.99. The maximum Gasteiger partial charge on any atom is 0.238 e. The third kappa shape index (κ3) is 3.27. The summed E-state index contributed by atoms with van der Waals surface area (Å²) in [6.45, 7) is 3.47. The number of hydrogen-bond acceptors (Lipinski definition) is 3. The van der Waals surface area contributed by atoms with Gasteiger partial charge in [-0.1, -0.05) is 37.3 Å². The number of thioether (sulfide) groups is 1. The molecule has 3 nitrogen and oxygen atoms in total. The Kier molecular flexibility index (Phi) is 5.08. The summed E-state index contributed by atoms with van der Waals surface area (Å²) < 4.78 is 0. The number of benzene rings is 1. The largest absolute Gasteiger partial charge is 0.322 e. The van der Waals surface area contributed by atoms with Gasteiger partial charge in [0.1, 0.15) is 6.17 Å². The summed E-state index contributed by atoms with van der Waals surface area (Å²) in [7, 11) is 0. The van der Waals surface area contributed by atoms with Gasteiger partial charge >= 0.3 is 0 Å². The number of amides is 1. The molecule has 2 rings (SSSR count). The van der Waals surface area contributed by atoms with Crippen LogP contribution in [0.3, 0.4) is 0 Å². The maximum atomic E-state index is 11.9. The molecule has 4 heteroatoms. The highest BCUT2D eigenvalue weighted by Gasteiger charge is 2.30. The number of nitrogens with zero attached hydrogens (tertiary/aromatic N) is 1. The lowest BCUT2D eigenvalue weighted by Crippen LogP contribution is -2.31. The molecular formula is C14H20N2OS. The van der Waals surface area contributed by atoms with E-state index in [1.54, 1.807) is 0 Å². The van der Waals surface area contributed by atoms with Gasteiger partial charge in [-0.05, 0) is 23.5 Å². The van der Waals surface area contributed by atoms with E-state index >= 15 is 0 Å². The van der Waals surface area contributed by atoms with Gasteiger partial charge in [0.2, 0.25) is 5.91 Å². The number of rotatable bonds is 6. The van der Waals surface area contributed by atoms with Crippen molar-refractivity contribution >= 4 is 17.7 Å². The fourth-order valence-corrected chi connectivity index (χ4v) is 2.83. The van der Waals surface area contributed by atoms with Crippen LogP contribution >= 0.6 is 11.8 Å². The molecule has 1 heterocycles. The number of carbonyl (C=O) groups is 1. The molecule has 1 N–H and O–H groups in total. The Bertz CT molecular complexity index is 383. The molecule has 0 aliphatic carbocycles. The molecule has 1 unspecified atom stereocenters. The minimum atomic E-state index is 0.0605. The summed E-state index contributed by atoms with van der Waals surface area (Å²) in [6, 6.07) is 10.2. The molecule has 18 heavy (non-hydrogen) atoms. The number of carbonyl (C=O) groups excluding carboxylic acids is 1. The quantitative estimate of drug-likeness (QED) is 0.800. The van der Waals surface area contributed by atoms with Gasteiger partial charge in [0.15, 0.2) is 0 Å². The molecule has 0 saturated carbocycles. The highest BCUT2D eigenvalue weighted by Crippen LogP contribution is 2.22. The Balaban J connectivity index is 1.95. The number of hydrogen-bond donors (Lipinski definition) is 1. The van der Waals surface area contributed by atoms with E-state index in [-0.39, 0.29) is 12.1 Å². The average molecular weight is 264 g/mol. The third-order valence-corrected chi connectivity index (χ3v) is 4.07. The van der Waals surface area contributed by atoms with Crippen molar-refractivity contribution in [1.82, 2.24) is 10.2 Å². The van der Waals surface area contributed by atoms with Crippen LogP contribution in [0.15, 0.2) is 30.3 Å². The van der Waals surface area contributed by atoms with Crippen molar-refractivity contribution in [2.24, 2.45) is 0 Å². The first kappa shape index (κ1) is 13.4. The average Bonchev–Trinajstić information content (AvgIpc) is 2.77. The van der Waals surface area contributed by atoms with Gasteiger partial charge in [0.25, 0.3) is 0 Å². The van der Waals surface area contributed by atoms with E-state index in [9.17, 15) is 4.79 Å². The van der Waals surface area contributed by atoms with Gasteiger partial charge in [0, 0.05) is 6.54 Å². The van der Waals surface area contributed by atoms with Gasteiger partial charge in [-0.3, -0.25) is 10.1 Å². The van der Waals surface area contributed by atoms with Crippen LogP contribution in [0.4, 0.5) is 0 Å². The lowest BCUT2D eigenvalue weighted by molar-refractivity contribution is -0.128. The second kappa shape index (κ2) is 6.81. The zero-order valence-electron chi connectivity index (χ0n) is 10.8. The predicted octanol–water partition coefficient (Wildman–Crippen LogP) is 2.26. The molecule has 98 valence electrons. The summed E-state index contributed by atoms with van der Waals surface area (Å²) in [5.41, 5.74) is 1.17. The molecule has 0 aromatic heterocycles. The topological polar surface area (TPSA) is 32.3 Å². The standard InChI is InChI=1S/C14H20N2OS/c1-2-18-10-6-9-16-13(17)11-15-14(16)12-7-4-3-5-8-12/h3-5,7-8,14-15H,2,6,9-11H2,1H3. The van der Waals surface area contributed by atoms with E-state index in [4.69, 9.17) is 0 Å². The van der Waals surface area contributed by atoms with Gasteiger partial charge in [-0.15, -0.1) is 0 Å². The fourth-order valence-electron chi connectivity index (χ4n) is 2.21. The van der Waals surface area contributed by atoms with Crippen molar-refractivity contribution in [1.29, 1.82) is 0 Å². The van der Waals surface area contributed by atoms with E-state index in [2.05, 4.69) is 24.4 Å². The van der Waals surface area contributed by atoms with Crippen molar-refractivity contribution in [2.45, 2.75) is 19.5 Å². The first-order valence-corrected chi connectivity index (χ1v) is 7.64. The monoisotopic (exact) mass is 264 g/mol. The molecule has 1 aliphatic rings. The summed E-state index contributed by atoms with van der Waals surface area (Å²) in [4.78, 5) is 13.8. The van der Waals surface area contributed by atoms with Crippen LogP contribution in [0.1, 0.15) is 25.1 Å².